The van der Waals surface area contributed by atoms with Crippen molar-refractivity contribution in [3.63, 3.8) is 0 Å². The third kappa shape index (κ3) is 5.34. The number of rotatable bonds is 6. The van der Waals surface area contributed by atoms with Crippen LogP contribution in [-0.4, -0.2) is 57.9 Å². The first-order valence-corrected chi connectivity index (χ1v) is 10.7. The molecule has 164 valence electrons. The second-order valence-corrected chi connectivity index (χ2v) is 8.27. The summed E-state index contributed by atoms with van der Waals surface area (Å²) in [6.45, 7) is 8.60. The number of benzene rings is 2. The van der Waals surface area contributed by atoms with Gasteiger partial charge in [0.05, 0.1) is 0 Å². The van der Waals surface area contributed by atoms with Crippen molar-refractivity contribution in [1.82, 2.24) is 0 Å². The number of piperazine rings is 1. The maximum absolute atomic E-state index is 12.5. The zero-order valence-corrected chi connectivity index (χ0v) is 18.0. The Morgan fingerprint density at radius 3 is 2.23 bits per heavy atom. The minimum atomic E-state index is -0.0232. The summed E-state index contributed by atoms with van der Waals surface area (Å²) in [4.78, 5) is 27.4. The van der Waals surface area contributed by atoms with E-state index in [1.807, 2.05) is 38.1 Å². The van der Waals surface area contributed by atoms with Gasteiger partial charge in [0.2, 0.25) is 6.79 Å². The summed E-state index contributed by atoms with van der Waals surface area (Å²) in [5.74, 6) is 1.36. The molecule has 2 aromatic rings. The van der Waals surface area contributed by atoms with Gasteiger partial charge in [-0.2, -0.15) is 0 Å². The molecule has 0 aliphatic carbocycles. The van der Waals surface area contributed by atoms with E-state index in [-0.39, 0.29) is 18.6 Å². The van der Waals surface area contributed by atoms with Crippen LogP contribution in [0.15, 0.2) is 36.4 Å². The molecule has 0 radical (unpaired) electrons. The first-order chi connectivity index (χ1) is 15.0. The monoisotopic (exact) mass is 426 g/mol. The lowest BCUT2D eigenvalue weighted by atomic mass is 10.1. The van der Waals surface area contributed by atoms with Crippen molar-refractivity contribution in [2.24, 2.45) is 0 Å². The molecule has 31 heavy (non-hydrogen) atoms. The number of hydrogen-bond acceptors (Lipinski definition) is 4. The number of fused-ring (bicyclic) bond motifs is 1. The van der Waals surface area contributed by atoms with Gasteiger partial charge in [0.25, 0.3) is 11.8 Å². The van der Waals surface area contributed by atoms with Crippen LogP contribution < -0.4 is 29.9 Å². The number of nitrogens with one attached hydrogen (secondary N) is 4. The smallest absolute Gasteiger partial charge is 0.279 e. The normalized spacial score (nSPS) is 19.7. The molecule has 1 saturated heterocycles. The molecule has 0 bridgehead atoms. The average molecular weight is 427 g/mol. The van der Waals surface area contributed by atoms with Crippen LogP contribution in [0.2, 0.25) is 0 Å². The molecule has 4 rings (SSSR count). The van der Waals surface area contributed by atoms with Crippen molar-refractivity contribution in [1.29, 1.82) is 0 Å². The zero-order valence-electron chi connectivity index (χ0n) is 18.0. The van der Waals surface area contributed by atoms with Gasteiger partial charge >= 0.3 is 0 Å². The van der Waals surface area contributed by atoms with Gasteiger partial charge in [-0.15, -0.1) is 0 Å². The van der Waals surface area contributed by atoms with Crippen molar-refractivity contribution < 1.29 is 28.9 Å². The van der Waals surface area contributed by atoms with E-state index in [0.717, 1.165) is 37.4 Å². The maximum Gasteiger partial charge on any atom is 0.279 e. The van der Waals surface area contributed by atoms with Gasteiger partial charge in [-0.25, -0.2) is 0 Å². The van der Waals surface area contributed by atoms with E-state index in [0.29, 0.717) is 30.3 Å². The molecule has 2 amide bonds. The highest BCUT2D eigenvalue weighted by molar-refractivity contribution is 5.92. The lowest BCUT2D eigenvalue weighted by Crippen LogP contribution is -3.28. The SMILES string of the molecule is Cc1cccc(NC(=O)C[NH+]2CC[NH+](CC(=O)Nc3ccc4c(c3)OCO4)CC2)c1C. The minimum absolute atomic E-state index is 0.0232. The Morgan fingerprint density at radius 1 is 0.871 bits per heavy atom. The molecule has 8 nitrogen and oxygen atoms in total. The molecule has 0 saturated carbocycles. The standard InChI is InChI=1S/C23H28N4O4/c1-16-4-3-5-19(17(16)2)25-23(29)14-27-10-8-26(9-11-27)13-22(28)24-18-6-7-20-21(12-18)31-15-30-20/h3-7,12H,8-11,13-15H2,1-2H3,(H,24,28)(H,25,29)/p+2. The van der Waals surface area contributed by atoms with Crippen LogP contribution in [-0.2, 0) is 9.59 Å². The van der Waals surface area contributed by atoms with E-state index in [9.17, 15) is 9.59 Å². The van der Waals surface area contributed by atoms with E-state index in [1.165, 1.54) is 15.4 Å². The van der Waals surface area contributed by atoms with Crippen molar-refractivity contribution in [2.75, 3.05) is 56.7 Å². The number of ether oxygens (including phenoxy) is 2. The first-order valence-electron chi connectivity index (χ1n) is 10.7. The third-order valence-electron chi connectivity index (χ3n) is 6.02. The summed E-state index contributed by atoms with van der Waals surface area (Å²) in [7, 11) is 0. The summed E-state index contributed by atoms with van der Waals surface area (Å²) in [5, 5.41) is 5.97. The fourth-order valence-corrected chi connectivity index (χ4v) is 4.03. The number of aryl methyl sites for hydroxylation is 1. The molecule has 2 aromatic carbocycles. The van der Waals surface area contributed by atoms with Crippen LogP contribution in [0.1, 0.15) is 11.1 Å². The lowest BCUT2D eigenvalue weighted by Gasteiger charge is -2.29. The van der Waals surface area contributed by atoms with Crippen molar-refractivity contribution >= 4 is 23.2 Å². The number of quaternary nitrogens is 2. The summed E-state index contributed by atoms with van der Waals surface area (Å²) < 4.78 is 10.6. The zero-order chi connectivity index (χ0) is 21.8. The van der Waals surface area contributed by atoms with Gasteiger partial charge in [-0.05, 0) is 43.2 Å². The van der Waals surface area contributed by atoms with Crippen molar-refractivity contribution in [3.8, 4) is 11.5 Å². The predicted octanol–water partition coefficient (Wildman–Crippen LogP) is -0.607. The number of carbonyl (C=O) groups excluding carboxylic acids is 2. The average Bonchev–Trinajstić information content (AvgIpc) is 3.21. The summed E-state index contributed by atoms with van der Waals surface area (Å²) in [6.07, 6.45) is 0. The second-order valence-electron chi connectivity index (χ2n) is 8.27. The maximum atomic E-state index is 12.5. The van der Waals surface area contributed by atoms with E-state index in [4.69, 9.17) is 9.47 Å². The predicted molar refractivity (Wildman–Crippen MR) is 117 cm³/mol. The van der Waals surface area contributed by atoms with E-state index in [1.54, 1.807) is 12.1 Å². The van der Waals surface area contributed by atoms with Crippen LogP contribution in [0.25, 0.3) is 0 Å². The summed E-state index contributed by atoms with van der Waals surface area (Å²) >= 11 is 0. The van der Waals surface area contributed by atoms with E-state index >= 15 is 0 Å². The fraction of sp³-hybridized carbons (Fsp3) is 0.391. The van der Waals surface area contributed by atoms with Gasteiger partial charge in [0.15, 0.2) is 24.6 Å². The molecule has 2 aliphatic rings. The molecule has 1 fully saturated rings. The van der Waals surface area contributed by atoms with E-state index in [2.05, 4.69) is 10.6 Å². The Bertz CT molecular complexity index is 970. The van der Waals surface area contributed by atoms with Crippen molar-refractivity contribution in [3.05, 3.63) is 47.5 Å². The molecule has 2 aliphatic heterocycles. The summed E-state index contributed by atoms with van der Waals surface area (Å²) in [5.41, 5.74) is 3.87. The van der Waals surface area contributed by atoms with Gasteiger partial charge in [-0.3, -0.25) is 9.59 Å². The molecule has 4 N–H and O–H groups in total. The van der Waals surface area contributed by atoms with Gasteiger partial charge in [0, 0.05) is 17.4 Å². The molecular formula is C23H30N4O4+2. The van der Waals surface area contributed by atoms with Crippen LogP contribution in [0, 0.1) is 13.8 Å². The number of hydrogen-bond donors (Lipinski definition) is 4. The number of anilines is 2. The molecular weight excluding hydrogens is 396 g/mol. The molecule has 0 aromatic heterocycles. The second kappa shape index (κ2) is 9.36. The highest BCUT2D eigenvalue weighted by Gasteiger charge is 2.26. The van der Waals surface area contributed by atoms with Gasteiger partial charge < -0.3 is 29.9 Å². The Kier molecular flexibility index (Phi) is 6.39. The molecule has 2 heterocycles. The minimum Gasteiger partial charge on any atom is -0.454 e. The molecule has 0 unspecified atom stereocenters. The Balaban J connectivity index is 1.20. The topological polar surface area (TPSA) is 85.5 Å². The highest BCUT2D eigenvalue weighted by atomic mass is 16.7. The van der Waals surface area contributed by atoms with Gasteiger partial charge in [0.1, 0.15) is 26.2 Å². The number of amides is 2. The third-order valence-corrected chi connectivity index (χ3v) is 6.02. The van der Waals surface area contributed by atoms with Crippen LogP contribution in [0.5, 0.6) is 11.5 Å². The van der Waals surface area contributed by atoms with Crippen LogP contribution in [0.4, 0.5) is 11.4 Å². The van der Waals surface area contributed by atoms with Crippen LogP contribution >= 0.6 is 0 Å². The highest BCUT2D eigenvalue weighted by Crippen LogP contribution is 2.34. The van der Waals surface area contributed by atoms with Crippen LogP contribution in [0.3, 0.4) is 0 Å². The Hall–Kier alpha value is -3.10. The fourth-order valence-electron chi connectivity index (χ4n) is 4.03. The molecule has 0 spiro atoms. The number of carbonyl (C=O) groups is 2. The first kappa shape index (κ1) is 21.1. The van der Waals surface area contributed by atoms with Gasteiger partial charge in [-0.1, -0.05) is 12.1 Å². The largest absolute Gasteiger partial charge is 0.454 e. The lowest BCUT2D eigenvalue weighted by molar-refractivity contribution is -1.00. The Morgan fingerprint density at radius 2 is 1.52 bits per heavy atom. The summed E-state index contributed by atoms with van der Waals surface area (Å²) in [6, 6.07) is 11.3. The quantitative estimate of drug-likeness (QED) is 0.497. The molecule has 0 atom stereocenters. The Labute approximate surface area is 182 Å². The molecule has 8 heteroatoms. The van der Waals surface area contributed by atoms with Crippen molar-refractivity contribution in [2.45, 2.75) is 13.8 Å². The van der Waals surface area contributed by atoms with E-state index < -0.39 is 0 Å².